The maximum absolute atomic E-state index is 12.3. The second-order valence-corrected chi connectivity index (χ2v) is 5.81. The summed E-state index contributed by atoms with van der Waals surface area (Å²) < 4.78 is 0. The van der Waals surface area contributed by atoms with Gasteiger partial charge < -0.3 is 11.1 Å². The molecule has 1 aromatic carbocycles. The van der Waals surface area contributed by atoms with Gasteiger partial charge in [-0.2, -0.15) is 5.26 Å². The minimum Gasteiger partial charge on any atom is -0.368 e. The third-order valence-corrected chi connectivity index (χ3v) is 4.13. The number of hydrogen-bond donors (Lipinski definition) is 2. The molecule has 0 aromatic heterocycles. The number of nitrogens with zero attached hydrogens (tertiary/aromatic N) is 1. The van der Waals surface area contributed by atoms with Crippen molar-refractivity contribution < 1.29 is 9.59 Å². The third kappa shape index (κ3) is 4.32. The van der Waals surface area contributed by atoms with Crippen molar-refractivity contribution in [2.45, 2.75) is 44.6 Å². The van der Waals surface area contributed by atoms with Gasteiger partial charge in [0.2, 0.25) is 11.8 Å². The Balaban J connectivity index is 2.01. The first kappa shape index (κ1) is 16.0. The Morgan fingerprint density at radius 2 is 2.05 bits per heavy atom. The molecule has 1 atom stereocenters. The highest BCUT2D eigenvalue weighted by Crippen LogP contribution is 2.23. The van der Waals surface area contributed by atoms with E-state index >= 15 is 0 Å². The summed E-state index contributed by atoms with van der Waals surface area (Å²) in [5.41, 5.74) is 6.75. The lowest BCUT2D eigenvalue weighted by Gasteiger charge is -2.23. The highest BCUT2D eigenvalue weighted by Gasteiger charge is 2.25. The van der Waals surface area contributed by atoms with Gasteiger partial charge in [-0.1, -0.05) is 31.4 Å². The zero-order chi connectivity index (χ0) is 15.9. The van der Waals surface area contributed by atoms with E-state index in [-0.39, 0.29) is 11.8 Å². The molecule has 1 aliphatic rings. The molecular formula is C17H21N3O2. The number of nitrogens with one attached hydrogen (secondary N) is 1. The summed E-state index contributed by atoms with van der Waals surface area (Å²) in [4.78, 5) is 23.9. The van der Waals surface area contributed by atoms with Crippen molar-refractivity contribution >= 4 is 11.8 Å². The Morgan fingerprint density at radius 1 is 1.32 bits per heavy atom. The molecule has 1 aliphatic carbocycles. The maximum Gasteiger partial charge on any atom is 0.240 e. The predicted octanol–water partition coefficient (Wildman–Crippen LogP) is 1.65. The number of nitriles is 1. The van der Waals surface area contributed by atoms with Gasteiger partial charge >= 0.3 is 0 Å². The Hall–Kier alpha value is -2.35. The van der Waals surface area contributed by atoms with Crippen LogP contribution in [0, 0.1) is 17.2 Å². The first-order chi connectivity index (χ1) is 10.6. The van der Waals surface area contributed by atoms with Crippen molar-refractivity contribution in [3.63, 3.8) is 0 Å². The van der Waals surface area contributed by atoms with Crippen molar-refractivity contribution in [1.82, 2.24) is 5.32 Å². The molecule has 5 nitrogen and oxygen atoms in total. The van der Waals surface area contributed by atoms with Crippen LogP contribution in [-0.2, 0) is 16.0 Å². The second-order valence-electron chi connectivity index (χ2n) is 5.81. The summed E-state index contributed by atoms with van der Waals surface area (Å²) in [5, 5.41) is 11.7. The predicted molar refractivity (Wildman–Crippen MR) is 82.6 cm³/mol. The Bertz CT molecular complexity index is 586. The number of primary amides is 1. The maximum atomic E-state index is 12.3. The minimum absolute atomic E-state index is 0.0129. The first-order valence-corrected chi connectivity index (χ1v) is 7.69. The van der Waals surface area contributed by atoms with Crippen LogP contribution in [0.2, 0.25) is 0 Å². The van der Waals surface area contributed by atoms with Crippen LogP contribution in [0.15, 0.2) is 24.3 Å². The van der Waals surface area contributed by atoms with Crippen molar-refractivity contribution in [1.29, 1.82) is 5.26 Å². The fourth-order valence-corrected chi connectivity index (χ4v) is 2.88. The average molecular weight is 299 g/mol. The van der Waals surface area contributed by atoms with Crippen LogP contribution in [0.25, 0.3) is 0 Å². The molecule has 0 unspecified atom stereocenters. The monoisotopic (exact) mass is 299 g/mol. The fourth-order valence-electron chi connectivity index (χ4n) is 2.88. The van der Waals surface area contributed by atoms with Gasteiger partial charge in [-0.3, -0.25) is 9.59 Å². The van der Waals surface area contributed by atoms with Gasteiger partial charge in [0.15, 0.2) is 0 Å². The van der Waals surface area contributed by atoms with E-state index < -0.39 is 11.9 Å². The van der Waals surface area contributed by atoms with Crippen LogP contribution in [0.1, 0.15) is 43.2 Å². The van der Waals surface area contributed by atoms with Gasteiger partial charge in [0.1, 0.15) is 6.04 Å². The largest absolute Gasteiger partial charge is 0.368 e. The van der Waals surface area contributed by atoms with E-state index in [9.17, 15) is 9.59 Å². The van der Waals surface area contributed by atoms with Crippen LogP contribution in [-0.4, -0.2) is 17.9 Å². The van der Waals surface area contributed by atoms with Gasteiger partial charge in [-0.05, 0) is 30.5 Å². The molecule has 2 amide bonds. The van der Waals surface area contributed by atoms with Gasteiger partial charge in [-0.15, -0.1) is 0 Å². The molecule has 1 aromatic rings. The highest BCUT2D eigenvalue weighted by molar-refractivity contribution is 5.87. The summed E-state index contributed by atoms with van der Waals surface area (Å²) in [5.74, 6) is -0.646. The lowest BCUT2D eigenvalue weighted by molar-refractivity contribution is -0.130. The van der Waals surface area contributed by atoms with E-state index in [2.05, 4.69) is 11.4 Å². The molecule has 0 heterocycles. The zero-order valence-corrected chi connectivity index (χ0v) is 12.5. The molecule has 2 rings (SSSR count). The summed E-state index contributed by atoms with van der Waals surface area (Å²) in [6.45, 7) is 0. The number of nitrogens with two attached hydrogens (primary N) is 1. The van der Waals surface area contributed by atoms with Crippen molar-refractivity contribution in [3.8, 4) is 6.07 Å². The SMILES string of the molecule is N#Cc1cccc(C[C@H](NC(=O)C2CCCCC2)C(N)=O)c1. The number of amides is 2. The highest BCUT2D eigenvalue weighted by atomic mass is 16.2. The number of carbonyl (C=O) groups excluding carboxylic acids is 2. The van der Waals surface area contributed by atoms with Gasteiger partial charge in [0.25, 0.3) is 0 Å². The molecule has 116 valence electrons. The van der Waals surface area contributed by atoms with E-state index in [1.165, 1.54) is 6.42 Å². The van der Waals surface area contributed by atoms with Crippen molar-refractivity contribution in [2.75, 3.05) is 0 Å². The molecule has 0 aliphatic heterocycles. The van der Waals surface area contributed by atoms with Crippen LogP contribution < -0.4 is 11.1 Å². The molecule has 0 spiro atoms. The number of carbonyl (C=O) groups is 2. The molecule has 0 radical (unpaired) electrons. The lowest BCUT2D eigenvalue weighted by atomic mass is 9.88. The molecule has 1 fully saturated rings. The topological polar surface area (TPSA) is 96.0 Å². The smallest absolute Gasteiger partial charge is 0.240 e. The molecule has 0 saturated heterocycles. The molecule has 3 N–H and O–H groups in total. The van der Waals surface area contributed by atoms with E-state index in [1.54, 1.807) is 18.2 Å². The van der Waals surface area contributed by atoms with Gasteiger partial charge in [-0.25, -0.2) is 0 Å². The summed E-state index contributed by atoms with van der Waals surface area (Å²) in [6, 6.07) is 8.32. The average Bonchev–Trinajstić information content (AvgIpc) is 2.55. The first-order valence-electron chi connectivity index (χ1n) is 7.69. The number of hydrogen-bond acceptors (Lipinski definition) is 3. The summed E-state index contributed by atoms with van der Waals surface area (Å²) in [6.07, 6.45) is 5.35. The molecule has 22 heavy (non-hydrogen) atoms. The molecule has 0 bridgehead atoms. The fraction of sp³-hybridized carbons (Fsp3) is 0.471. The van der Waals surface area contributed by atoms with Crippen LogP contribution in [0.4, 0.5) is 0 Å². The van der Waals surface area contributed by atoms with E-state index in [0.717, 1.165) is 31.2 Å². The van der Waals surface area contributed by atoms with Crippen molar-refractivity contribution in [3.05, 3.63) is 35.4 Å². The van der Waals surface area contributed by atoms with E-state index in [4.69, 9.17) is 11.0 Å². The normalized spacial score (nSPS) is 16.5. The zero-order valence-electron chi connectivity index (χ0n) is 12.5. The van der Waals surface area contributed by atoms with Crippen LogP contribution in [0.5, 0.6) is 0 Å². The van der Waals surface area contributed by atoms with E-state index in [1.807, 2.05) is 6.07 Å². The van der Waals surface area contributed by atoms with E-state index in [0.29, 0.717) is 12.0 Å². The molecular weight excluding hydrogens is 278 g/mol. The molecule has 1 saturated carbocycles. The quantitative estimate of drug-likeness (QED) is 0.865. The summed E-state index contributed by atoms with van der Waals surface area (Å²) >= 11 is 0. The van der Waals surface area contributed by atoms with Gasteiger partial charge in [0.05, 0.1) is 11.6 Å². The Labute approximate surface area is 130 Å². The lowest BCUT2D eigenvalue weighted by Crippen LogP contribution is -2.48. The van der Waals surface area contributed by atoms with Gasteiger partial charge in [0, 0.05) is 12.3 Å². The third-order valence-electron chi connectivity index (χ3n) is 4.13. The number of benzene rings is 1. The van der Waals surface area contributed by atoms with Crippen molar-refractivity contribution in [2.24, 2.45) is 11.7 Å². The summed E-state index contributed by atoms with van der Waals surface area (Å²) in [7, 11) is 0. The number of rotatable bonds is 5. The molecule has 5 heteroatoms. The standard InChI is InChI=1S/C17H21N3O2/c18-11-13-6-4-5-12(9-13)10-15(16(19)21)20-17(22)14-7-2-1-3-8-14/h4-6,9,14-15H,1-3,7-8,10H2,(H2,19,21)(H,20,22)/t15-/m0/s1. The Kier molecular flexibility index (Phi) is 5.54. The Morgan fingerprint density at radius 3 is 2.68 bits per heavy atom. The van der Waals surface area contributed by atoms with Crippen LogP contribution in [0.3, 0.4) is 0 Å². The van der Waals surface area contributed by atoms with Crippen LogP contribution >= 0.6 is 0 Å². The minimum atomic E-state index is -0.733. The second kappa shape index (κ2) is 7.60.